The van der Waals surface area contributed by atoms with Crippen molar-refractivity contribution in [2.75, 3.05) is 0 Å². The van der Waals surface area contributed by atoms with Crippen molar-refractivity contribution < 1.29 is 4.74 Å². The number of ether oxygens (including phenoxy) is 1. The Kier molecular flexibility index (Phi) is 1.80. The van der Waals surface area contributed by atoms with E-state index in [0.717, 1.165) is 5.75 Å². The fourth-order valence-electron chi connectivity index (χ4n) is 3.41. The number of benzene rings is 2. The summed E-state index contributed by atoms with van der Waals surface area (Å²) in [5, 5.41) is 2.60. The third-order valence-corrected chi connectivity index (χ3v) is 4.30. The van der Waals surface area contributed by atoms with Crippen LogP contribution >= 0.6 is 0 Å². The normalized spacial score (nSPS) is 20.8. The largest absolute Gasteiger partial charge is 0.480 e. The zero-order chi connectivity index (χ0) is 13.1. The van der Waals surface area contributed by atoms with Crippen LogP contribution in [-0.2, 0) is 0 Å². The smallest absolute Gasteiger partial charge is 0.151 e. The van der Waals surface area contributed by atoms with Crippen LogP contribution in [0.1, 0.15) is 5.56 Å². The summed E-state index contributed by atoms with van der Waals surface area (Å²) >= 11 is 0. The lowest BCUT2D eigenvalue weighted by Gasteiger charge is -2.19. The second kappa shape index (κ2) is 3.51. The molecule has 1 heterocycles. The Morgan fingerprint density at radius 2 is 1.70 bits per heavy atom. The van der Waals surface area contributed by atoms with Crippen molar-refractivity contribution in [1.29, 1.82) is 0 Å². The maximum Gasteiger partial charge on any atom is 0.151 e. The van der Waals surface area contributed by atoms with Gasteiger partial charge in [-0.1, -0.05) is 54.6 Å². The van der Waals surface area contributed by atoms with Crippen LogP contribution in [0.5, 0.6) is 5.75 Å². The number of allylic oxidation sites excluding steroid dienone is 2. The van der Waals surface area contributed by atoms with Crippen LogP contribution in [0.3, 0.4) is 0 Å². The van der Waals surface area contributed by atoms with E-state index < -0.39 is 0 Å². The molecule has 94 valence electrons. The lowest BCUT2D eigenvalue weighted by atomic mass is 9.89. The van der Waals surface area contributed by atoms with Crippen molar-refractivity contribution in [3.05, 3.63) is 82.3 Å². The van der Waals surface area contributed by atoms with Gasteiger partial charge in [0.05, 0.1) is 0 Å². The Morgan fingerprint density at radius 3 is 2.70 bits per heavy atom. The van der Waals surface area contributed by atoms with Crippen molar-refractivity contribution >= 4 is 17.2 Å². The third kappa shape index (κ3) is 1.17. The molecule has 0 spiro atoms. The van der Waals surface area contributed by atoms with Crippen molar-refractivity contribution in [2.45, 2.75) is 6.10 Å². The first-order valence-electron chi connectivity index (χ1n) is 6.91. The quantitative estimate of drug-likeness (QED) is 0.703. The molecular formula is C19H12O. The summed E-state index contributed by atoms with van der Waals surface area (Å²) < 4.78 is 6.22. The Hall–Kier alpha value is -2.54. The summed E-state index contributed by atoms with van der Waals surface area (Å²) in [6.45, 7) is 0. The molecule has 1 heteroatoms. The molecule has 0 amide bonds. The second-order valence-corrected chi connectivity index (χ2v) is 5.38. The van der Waals surface area contributed by atoms with Gasteiger partial charge in [0.2, 0.25) is 0 Å². The van der Waals surface area contributed by atoms with Crippen LogP contribution in [0, 0.1) is 0 Å². The number of para-hydroxylation sites is 1. The summed E-state index contributed by atoms with van der Waals surface area (Å²) in [5.41, 5.74) is 5.11. The molecular weight excluding hydrogens is 244 g/mol. The van der Waals surface area contributed by atoms with E-state index in [0.29, 0.717) is 0 Å². The first-order chi connectivity index (χ1) is 9.92. The van der Waals surface area contributed by atoms with E-state index in [-0.39, 0.29) is 6.10 Å². The van der Waals surface area contributed by atoms with E-state index >= 15 is 0 Å². The van der Waals surface area contributed by atoms with Gasteiger partial charge in [0.1, 0.15) is 5.75 Å². The van der Waals surface area contributed by atoms with Crippen LogP contribution in [0.2, 0.25) is 0 Å². The summed E-state index contributed by atoms with van der Waals surface area (Å²) in [7, 11) is 0. The maximum atomic E-state index is 6.22. The second-order valence-electron chi connectivity index (χ2n) is 5.38. The van der Waals surface area contributed by atoms with E-state index in [4.69, 9.17) is 4.74 Å². The Balaban J connectivity index is 1.82. The molecule has 1 aliphatic heterocycles. The van der Waals surface area contributed by atoms with E-state index in [1.54, 1.807) is 0 Å². The first kappa shape index (κ1) is 10.3. The van der Waals surface area contributed by atoms with Crippen LogP contribution in [-0.4, -0.2) is 6.10 Å². The van der Waals surface area contributed by atoms with Crippen molar-refractivity contribution in [1.82, 2.24) is 0 Å². The molecule has 3 aliphatic rings. The minimum absolute atomic E-state index is 0.0484. The highest BCUT2D eigenvalue weighted by Gasteiger charge is 2.35. The van der Waals surface area contributed by atoms with Crippen LogP contribution < -0.4 is 15.2 Å². The molecule has 0 radical (unpaired) electrons. The summed E-state index contributed by atoms with van der Waals surface area (Å²) in [6.07, 6.45) is 6.72. The van der Waals surface area contributed by atoms with Gasteiger partial charge in [-0.05, 0) is 28.2 Å². The van der Waals surface area contributed by atoms with Gasteiger partial charge in [0.25, 0.3) is 0 Å². The van der Waals surface area contributed by atoms with Crippen LogP contribution in [0.15, 0.2) is 66.3 Å². The molecule has 2 aromatic carbocycles. The monoisotopic (exact) mass is 256 g/mol. The van der Waals surface area contributed by atoms with Crippen molar-refractivity contribution in [3.8, 4) is 5.75 Å². The van der Waals surface area contributed by atoms with Crippen molar-refractivity contribution in [3.63, 3.8) is 0 Å². The molecule has 20 heavy (non-hydrogen) atoms. The van der Waals surface area contributed by atoms with Gasteiger partial charge in [-0.25, -0.2) is 0 Å². The topological polar surface area (TPSA) is 9.23 Å². The summed E-state index contributed by atoms with van der Waals surface area (Å²) in [4.78, 5) is 0. The highest BCUT2D eigenvalue weighted by molar-refractivity contribution is 5.98. The molecule has 1 nitrogen and oxygen atoms in total. The number of hydrogen-bond acceptors (Lipinski definition) is 1. The van der Waals surface area contributed by atoms with E-state index in [1.165, 1.54) is 32.7 Å². The first-order valence-corrected chi connectivity index (χ1v) is 6.91. The van der Waals surface area contributed by atoms with E-state index in [2.05, 4.69) is 60.7 Å². The van der Waals surface area contributed by atoms with Gasteiger partial charge in [-0.15, -0.1) is 0 Å². The molecule has 1 unspecified atom stereocenters. The van der Waals surface area contributed by atoms with Gasteiger partial charge in [0, 0.05) is 16.7 Å². The maximum absolute atomic E-state index is 6.22. The fraction of sp³-hybridized carbons (Fsp3) is 0.0526. The Labute approximate surface area is 116 Å². The highest BCUT2D eigenvalue weighted by atomic mass is 16.5. The van der Waals surface area contributed by atoms with Gasteiger partial charge in [-0.2, -0.15) is 0 Å². The molecule has 0 saturated carbocycles. The number of rotatable bonds is 0. The standard InChI is InChI=1S/C19H12O/c1-2-6-14-12(5-1)11-13-9-10-16-15-7-3-4-8-17(15)20-19(16)18(13)14/h1-11,19H. The molecule has 0 aromatic heterocycles. The minimum atomic E-state index is 0.0484. The molecule has 5 rings (SSSR count). The van der Waals surface area contributed by atoms with Crippen LogP contribution in [0.4, 0.5) is 0 Å². The average Bonchev–Trinajstić information content (AvgIpc) is 3.04. The SMILES string of the molecule is C1=C2C=c3ccccc3=C2C2Oc3ccccc3C2=C1. The third-order valence-electron chi connectivity index (χ3n) is 4.30. The average molecular weight is 256 g/mol. The molecule has 1 atom stereocenters. The van der Waals surface area contributed by atoms with Gasteiger partial charge >= 0.3 is 0 Å². The molecule has 2 aromatic rings. The van der Waals surface area contributed by atoms with Gasteiger partial charge in [0.15, 0.2) is 6.10 Å². The zero-order valence-corrected chi connectivity index (χ0v) is 10.8. The lowest BCUT2D eigenvalue weighted by molar-refractivity contribution is 0.330. The molecule has 0 N–H and O–H groups in total. The van der Waals surface area contributed by atoms with Gasteiger partial charge < -0.3 is 4.74 Å². The molecule has 2 aliphatic carbocycles. The van der Waals surface area contributed by atoms with E-state index in [9.17, 15) is 0 Å². The molecule has 0 fully saturated rings. The Bertz CT molecular complexity index is 928. The summed E-state index contributed by atoms with van der Waals surface area (Å²) in [5.74, 6) is 0.996. The van der Waals surface area contributed by atoms with Gasteiger partial charge in [-0.3, -0.25) is 0 Å². The van der Waals surface area contributed by atoms with Crippen molar-refractivity contribution in [2.24, 2.45) is 0 Å². The Morgan fingerprint density at radius 1 is 0.850 bits per heavy atom. The molecule has 0 bridgehead atoms. The van der Waals surface area contributed by atoms with Crippen LogP contribution in [0.25, 0.3) is 17.2 Å². The molecule has 0 saturated heterocycles. The lowest BCUT2D eigenvalue weighted by Crippen LogP contribution is -2.28. The number of hydrogen-bond donors (Lipinski definition) is 0. The predicted molar refractivity (Wildman–Crippen MR) is 80.5 cm³/mol. The highest BCUT2D eigenvalue weighted by Crippen LogP contribution is 2.44. The number of fused-ring (bicyclic) bond motifs is 6. The zero-order valence-electron chi connectivity index (χ0n) is 10.8. The fourth-order valence-corrected chi connectivity index (χ4v) is 3.41. The minimum Gasteiger partial charge on any atom is -0.480 e. The summed E-state index contributed by atoms with van der Waals surface area (Å²) in [6, 6.07) is 16.9. The van der Waals surface area contributed by atoms with E-state index in [1.807, 2.05) is 6.07 Å². The predicted octanol–water partition coefficient (Wildman–Crippen LogP) is 2.42.